The number of rotatable bonds is 6. The van der Waals surface area contributed by atoms with Crippen LogP contribution in [0.3, 0.4) is 0 Å². The molecule has 0 bridgehead atoms. The number of benzene rings is 2. The van der Waals surface area contributed by atoms with Crippen molar-refractivity contribution in [1.29, 1.82) is 0 Å². The normalized spacial score (nSPS) is 10.6. The van der Waals surface area contributed by atoms with Crippen LogP contribution in [0.2, 0.25) is 0 Å². The maximum absolute atomic E-state index is 11.9. The smallest absolute Gasteiger partial charge is 0.221 e. The van der Waals surface area contributed by atoms with Crippen molar-refractivity contribution in [3.63, 3.8) is 0 Å². The number of ketones is 1. The van der Waals surface area contributed by atoms with E-state index in [1.165, 1.54) is 6.92 Å². The number of hydrogen-bond donors (Lipinski definition) is 1. The Morgan fingerprint density at radius 3 is 2.32 bits per heavy atom. The van der Waals surface area contributed by atoms with Gasteiger partial charge in [-0.05, 0) is 24.1 Å². The molecule has 0 atom stereocenters. The number of amides is 1. The third-order valence-electron chi connectivity index (χ3n) is 3.18. The summed E-state index contributed by atoms with van der Waals surface area (Å²) in [5.74, 6) is 0.0778. The zero-order valence-electron chi connectivity index (χ0n) is 12.6. The molecule has 22 heavy (non-hydrogen) atoms. The van der Waals surface area contributed by atoms with Crippen LogP contribution in [-0.2, 0) is 4.79 Å². The lowest BCUT2D eigenvalue weighted by Gasteiger charge is -2.01. The maximum atomic E-state index is 11.9. The molecule has 2 aromatic rings. The van der Waals surface area contributed by atoms with E-state index < -0.39 is 0 Å². The molecule has 0 radical (unpaired) electrons. The second-order valence-electron chi connectivity index (χ2n) is 5.03. The second-order valence-corrected chi connectivity index (χ2v) is 5.03. The van der Waals surface area contributed by atoms with E-state index in [1.54, 1.807) is 0 Å². The number of Topliss-reactive ketones (excluding diaryl/α,β-unsaturated/α-hetero) is 1. The van der Waals surface area contributed by atoms with Gasteiger partial charge in [-0.15, -0.1) is 0 Å². The van der Waals surface area contributed by atoms with Gasteiger partial charge in [0.25, 0.3) is 0 Å². The van der Waals surface area contributed by atoms with Gasteiger partial charge in [-0.3, -0.25) is 9.59 Å². The summed E-state index contributed by atoms with van der Waals surface area (Å²) in [5, 5.41) is 2.72. The number of carbonyl (C=O) groups excluding carboxylic acids is 2. The standard InChI is InChI=1S/C19H19NO2/c1-15(21)20-18-13-11-16(12-14-18)7-5-6-10-19(22)17-8-3-2-4-9-17/h2-5,7-9,11-14H,6,10H2,1H3,(H,20,21)/b7-5-. The van der Waals surface area contributed by atoms with E-state index in [2.05, 4.69) is 5.32 Å². The van der Waals surface area contributed by atoms with Crippen LogP contribution in [-0.4, -0.2) is 11.7 Å². The highest BCUT2D eigenvalue weighted by atomic mass is 16.1. The molecule has 1 N–H and O–H groups in total. The van der Waals surface area contributed by atoms with Crippen LogP contribution in [0.1, 0.15) is 35.7 Å². The first-order valence-electron chi connectivity index (χ1n) is 7.27. The van der Waals surface area contributed by atoms with E-state index in [0.717, 1.165) is 16.8 Å². The Morgan fingerprint density at radius 2 is 1.68 bits per heavy atom. The fourth-order valence-corrected chi connectivity index (χ4v) is 2.08. The monoisotopic (exact) mass is 293 g/mol. The van der Waals surface area contributed by atoms with E-state index >= 15 is 0 Å². The van der Waals surface area contributed by atoms with Crippen LogP contribution in [0.25, 0.3) is 6.08 Å². The van der Waals surface area contributed by atoms with Crippen molar-refractivity contribution in [3.05, 3.63) is 71.8 Å². The lowest BCUT2D eigenvalue weighted by molar-refractivity contribution is -0.114. The van der Waals surface area contributed by atoms with Gasteiger partial charge in [0.1, 0.15) is 0 Å². The summed E-state index contributed by atoms with van der Waals surface area (Å²) in [5.41, 5.74) is 2.58. The molecule has 0 saturated heterocycles. The fraction of sp³-hybridized carbons (Fsp3) is 0.158. The van der Waals surface area contributed by atoms with Gasteiger partial charge in [0, 0.05) is 24.6 Å². The summed E-state index contributed by atoms with van der Waals surface area (Å²) in [6.07, 6.45) is 5.19. The van der Waals surface area contributed by atoms with Crippen molar-refractivity contribution < 1.29 is 9.59 Å². The lowest BCUT2D eigenvalue weighted by Crippen LogP contribution is -2.05. The van der Waals surface area contributed by atoms with E-state index in [0.29, 0.717) is 12.8 Å². The molecular weight excluding hydrogens is 274 g/mol. The third-order valence-corrected chi connectivity index (χ3v) is 3.18. The number of anilines is 1. The molecule has 3 heteroatoms. The quantitative estimate of drug-likeness (QED) is 0.806. The molecule has 0 aliphatic heterocycles. The number of allylic oxidation sites excluding steroid dienone is 1. The molecular formula is C19H19NO2. The van der Waals surface area contributed by atoms with E-state index in [4.69, 9.17) is 0 Å². The summed E-state index contributed by atoms with van der Waals surface area (Å²) in [4.78, 5) is 22.9. The molecule has 0 aliphatic carbocycles. The van der Waals surface area contributed by atoms with Gasteiger partial charge in [0.2, 0.25) is 5.91 Å². The van der Waals surface area contributed by atoms with Crippen molar-refractivity contribution in [2.45, 2.75) is 19.8 Å². The van der Waals surface area contributed by atoms with Crippen molar-refractivity contribution in [2.75, 3.05) is 5.32 Å². The van der Waals surface area contributed by atoms with Gasteiger partial charge in [0.05, 0.1) is 0 Å². The molecule has 3 nitrogen and oxygen atoms in total. The topological polar surface area (TPSA) is 46.2 Å². The summed E-state index contributed by atoms with van der Waals surface area (Å²) >= 11 is 0. The van der Waals surface area contributed by atoms with Gasteiger partial charge in [0.15, 0.2) is 5.78 Å². The number of carbonyl (C=O) groups is 2. The lowest BCUT2D eigenvalue weighted by atomic mass is 10.1. The summed E-state index contributed by atoms with van der Waals surface area (Å²) in [6.45, 7) is 1.48. The zero-order valence-corrected chi connectivity index (χ0v) is 12.6. The Balaban J connectivity index is 1.82. The second kappa shape index (κ2) is 7.93. The van der Waals surface area contributed by atoms with Crippen LogP contribution in [0.4, 0.5) is 5.69 Å². The van der Waals surface area contributed by atoms with Crippen LogP contribution < -0.4 is 5.32 Å². The average molecular weight is 293 g/mol. The molecule has 0 heterocycles. The molecule has 0 unspecified atom stereocenters. The molecule has 2 rings (SSSR count). The van der Waals surface area contributed by atoms with Crippen molar-refractivity contribution in [3.8, 4) is 0 Å². The highest BCUT2D eigenvalue weighted by molar-refractivity contribution is 5.96. The van der Waals surface area contributed by atoms with Crippen LogP contribution >= 0.6 is 0 Å². The summed E-state index contributed by atoms with van der Waals surface area (Å²) < 4.78 is 0. The average Bonchev–Trinajstić information content (AvgIpc) is 2.53. The Bertz CT molecular complexity index is 658. The number of hydrogen-bond acceptors (Lipinski definition) is 2. The first-order chi connectivity index (χ1) is 10.6. The molecule has 0 spiro atoms. The van der Waals surface area contributed by atoms with Crippen LogP contribution in [0.5, 0.6) is 0 Å². The van der Waals surface area contributed by atoms with Crippen molar-refractivity contribution >= 4 is 23.5 Å². The largest absolute Gasteiger partial charge is 0.326 e. The maximum Gasteiger partial charge on any atom is 0.221 e. The van der Waals surface area contributed by atoms with Crippen LogP contribution in [0, 0.1) is 0 Å². The molecule has 112 valence electrons. The first-order valence-corrected chi connectivity index (χ1v) is 7.27. The highest BCUT2D eigenvalue weighted by Gasteiger charge is 2.02. The zero-order chi connectivity index (χ0) is 15.8. The Kier molecular flexibility index (Phi) is 5.66. The highest BCUT2D eigenvalue weighted by Crippen LogP contribution is 2.12. The molecule has 2 aromatic carbocycles. The van der Waals surface area contributed by atoms with Crippen molar-refractivity contribution in [2.24, 2.45) is 0 Å². The third kappa shape index (κ3) is 5.02. The molecule has 0 aliphatic rings. The van der Waals surface area contributed by atoms with Gasteiger partial charge < -0.3 is 5.32 Å². The molecule has 1 amide bonds. The predicted octanol–water partition coefficient (Wildman–Crippen LogP) is 4.32. The first kappa shape index (κ1) is 15.7. The molecule has 0 fully saturated rings. The summed E-state index contributed by atoms with van der Waals surface area (Å²) in [7, 11) is 0. The van der Waals surface area contributed by atoms with Gasteiger partial charge in [-0.1, -0.05) is 54.6 Å². The Labute approximate surface area is 130 Å². The van der Waals surface area contributed by atoms with Gasteiger partial charge >= 0.3 is 0 Å². The van der Waals surface area contributed by atoms with Gasteiger partial charge in [-0.2, -0.15) is 0 Å². The molecule has 0 saturated carbocycles. The molecule has 0 aromatic heterocycles. The minimum absolute atomic E-state index is 0.0808. The minimum atomic E-state index is -0.0808. The van der Waals surface area contributed by atoms with Gasteiger partial charge in [-0.25, -0.2) is 0 Å². The Morgan fingerprint density at radius 1 is 1.00 bits per heavy atom. The minimum Gasteiger partial charge on any atom is -0.326 e. The predicted molar refractivity (Wildman–Crippen MR) is 89.8 cm³/mol. The Hall–Kier alpha value is -2.68. The number of nitrogens with one attached hydrogen (secondary N) is 1. The van der Waals surface area contributed by atoms with Crippen LogP contribution in [0.15, 0.2) is 60.7 Å². The fourth-order valence-electron chi connectivity index (χ4n) is 2.08. The van der Waals surface area contributed by atoms with E-state index in [1.807, 2.05) is 66.7 Å². The summed E-state index contributed by atoms with van der Waals surface area (Å²) in [6, 6.07) is 16.9. The van der Waals surface area contributed by atoms with E-state index in [-0.39, 0.29) is 11.7 Å². The van der Waals surface area contributed by atoms with Crippen molar-refractivity contribution in [1.82, 2.24) is 0 Å². The SMILES string of the molecule is CC(=O)Nc1ccc(/C=C\CCC(=O)c2ccccc2)cc1. The van der Waals surface area contributed by atoms with E-state index in [9.17, 15) is 9.59 Å².